The molecule has 3 fully saturated rings. The molecule has 1 N–H and O–H groups in total. The molecule has 8 heteroatoms. The van der Waals surface area contributed by atoms with E-state index in [-0.39, 0.29) is 29.3 Å². The molecule has 0 radical (unpaired) electrons. The van der Waals surface area contributed by atoms with Gasteiger partial charge in [-0.05, 0) is 37.0 Å². The van der Waals surface area contributed by atoms with Crippen LogP contribution in [0.1, 0.15) is 24.0 Å². The van der Waals surface area contributed by atoms with Gasteiger partial charge >= 0.3 is 6.03 Å². The fraction of sp³-hybridized carbons (Fsp3) is 0.500. The number of aromatic nitrogens is 2. The maximum Gasteiger partial charge on any atom is 0.317 e. The minimum atomic E-state index is -0.196. The van der Waals surface area contributed by atoms with Gasteiger partial charge in [0.2, 0.25) is 11.9 Å². The van der Waals surface area contributed by atoms with Crippen LogP contribution >= 0.6 is 0 Å². The Morgan fingerprint density at radius 1 is 1.12 bits per heavy atom. The smallest absolute Gasteiger partial charge is 0.317 e. The predicted molar refractivity (Wildman–Crippen MR) is 121 cm³/mol. The fourth-order valence-corrected chi connectivity index (χ4v) is 5.83. The van der Waals surface area contributed by atoms with Gasteiger partial charge in [-0.2, -0.15) is 0 Å². The Morgan fingerprint density at radius 2 is 1.84 bits per heavy atom. The Hall–Kier alpha value is -3.16. The number of rotatable bonds is 3. The predicted octanol–water partition coefficient (Wildman–Crippen LogP) is 2.05. The molecule has 32 heavy (non-hydrogen) atoms. The van der Waals surface area contributed by atoms with Crippen molar-refractivity contribution in [2.24, 2.45) is 11.8 Å². The minimum Gasteiger partial charge on any atom is -0.340 e. The molecule has 8 nitrogen and oxygen atoms in total. The molecule has 3 aliphatic rings. The second-order valence-corrected chi connectivity index (χ2v) is 9.24. The third-order valence-corrected chi connectivity index (χ3v) is 7.77. The topological polar surface area (TPSA) is 81.7 Å². The normalized spacial score (nSPS) is 24.2. The van der Waals surface area contributed by atoms with Gasteiger partial charge in [-0.15, -0.1) is 0 Å². The molecule has 0 aliphatic carbocycles. The van der Waals surface area contributed by atoms with Gasteiger partial charge < -0.3 is 20.0 Å². The highest BCUT2D eigenvalue weighted by molar-refractivity contribution is 5.84. The highest BCUT2D eigenvalue weighted by atomic mass is 16.2. The number of anilines is 1. The highest BCUT2D eigenvalue weighted by Gasteiger charge is 2.60. The summed E-state index contributed by atoms with van der Waals surface area (Å²) in [4.78, 5) is 40.7. The Morgan fingerprint density at radius 3 is 2.56 bits per heavy atom. The SMILES string of the molecule is Cc1ccccc1CNC(=O)N1CCC2(CC1)[C@@H]1CN(c3ncccn3)C[C@@H]1C(=O)N2C. The molecule has 4 heterocycles. The lowest BCUT2D eigenvalue weighted by atomic mass is 9.75. The van der Waals surface area contributed by atoms with Gasteiger partial charge in [0, 0.05) is 58.1 Å². The number of benzene rings is 1. The van der Waals surface area contributed by atoms with Crippen molar-refractivity contribution in [1.29, 1.82) is 0 Å². The van der Waals surface area contributed by atoms with E-state index < -0.39 is 0 Å². The number of carbonyl (C=O) groups excluding carboxylic acids is 2. The van der Waals surface area contributed by atoms with E-state index in [9.17, 15) is 9.59 Å². The van der Waals surface area contributed by atoms with Crippen LogP contribution in [0.2, 0.25) is 0 Å². The van der Waals surface area contributed by atoms with Crippen molar-refractivity contribution in [3.63, 3.8) is 0 Å². The largest absolute Gasteiger partial charge is 0.340 e. The molecular formula is C24H30N6O2. The van der Waals surface area contributed by atoms with Crippen molar-refractivity contribution in [2.75, 3.05) is 38.1 Å². The number of amides is 3. The molecule has 0 saturated carbocycles. The summed E-state index contributed by atoms with van der Waals surface area (Å²) in [6.07, 6.45) is 5.09. The lowest BCUT2D eigenvalue weighted by Crippen LogP contribution is -2.57. The first-order valence-electron chi connectivity index (χ1n) is 11.4. The number of nitrogens with zero attached hydrogens (tertiary/aromatic N) is 5. The molecule has 0 bridgehead atoms. The van der Waals surface area contributed by atoms with Gasteiger partial charge in [0.15, 0.2) is 0 Å². The molecular weight excluding hydrogens is 404 g/mol. The summed E-state index contributed by atoms with van der Waals surface area (Å²) in [5.41, 5.74) is 2.11. The summed E-state index contributed by atoms with van der Waals surface area (Å²) < 4.78 is 0. The van der Waals surface area contributed by atoms with E-state index in [1.165, 1.54) is 5.56 Å². The average Bonchev–Trinajstić information content (AvgIpc) is 3.35. The van der Waals surface area contributed by atoms with Gasteiger partial charge in [0.25, 0.3) is 0 Å². The Bertz CT molecular complexity index is 1000. The molecule has 3 saturated heterocycles. The molecule has 1 aromatic heterocycles. The number of urea groups is 1. The standard InChI is InChI=1S/C24H30N6O2/c1-17-6-3-4-7-18(17)14-27-23(32)29-12-8-24(9-13-29)20-16-30(22-25-10-5-11-26-22)15-19(20)21(31)28(24)2/h3-7,10-11,19-20H,8-9,12-16H2,1-2H3,(H,27,32)/t19-,20+/m0/s1. The number of hydrogen-bond donors (Lipinski definition) is 1. The molecule has 5 rings (SSSR count). The van der Waals surface area contributed by atoms with E-state index in [1.807, 2.05) is 35.0 Å². The van der Waals surface area contributed by atoms with Gasteiger partial charge in [0.1, 0.15) is 0 Å². The van der Waals surface area contributed by atoms with Crippen molar-refractivity contribution in [3.05, 3.63) is 53.9 Å². The van der Waals surface area contributed by atoms with Crippen LogP contribution in [0.25, 0.3) is 0 Å². The number of hydrogen-bond acceptors (Lipinski definition) is 5. The fourth-order valence-electron chi connectivity index (χ4n) is 5.83. The van der Waals surface area contributed by atoms with Crippen molar-refractivity contribution in [2.45, 2.75) is 31.8 Å². The van der Waals surface area contributed by atoms with Crippen LogP contribution in [-0.2, 0) is 11.3 Å². The molecule has 168 valence electrons. The van der Waals surface area contributed by atoms with Crippen LogP contribution < -0.4 is 10.2 Å². The Kier molecular flexibility index (Phi) is 5.23. The summed E-state index contributed by atoms with van der Waals surface area (Å²) >= 11 is 0. The second-order valence-electron chi connectivity index (χ2n) is 9.24. The van der Waals surface area contributed by atoms with Gasteiger partial charge in [-0.1, -0.05) is 24.3 Å². The summed E-state index contributed by atoms with van der Waals surface area (Å²) in [5, 5.41) is 3.07. The highest BCUT2D eigenvalue weighted by Crippen LogP contribution is 2.49. The van der Waals surface area contributed by atoms with Crippen LogP contribution in [0.4, 0.5) is 10.7 Å². The Labute approximate surface area is 188 Å². The van der Waals surface area contributed by atoms with Crippen LogP contribution in [0, 0.1) is 18.8 Å². The lowest BCUT2D eigenvalue weighted by molar-refractivity contribution is -0.133. The molecule has 0 unspecified atom stereocenters. The Balaban J connectivity index is 1.24. The molecule has 1 aromatic carbocycles. The number of nitrogens with one attached hydrogen (secondary N) is 1. The summed E-state index contributed by atoms with van der Waals surface area (Å²) in [6, 6.07) is 9.88. The summed E-state index contributed by atoms with van der Waals surface area (Å²) in [6.45, 7) is 5.35. The molecule has 2 aromatic rings. The van der Waals surface area contributed by atoms with E-state index in [0.717, 1.165) is 24.9 Å². The van der Waals surface area contributed by atoms with Crippen LogP contribution in [-0.4, -0.2) is 70.5 Å². The van der Waals surface area contributed by atoms with E-state index >= 15 is 0 Å². The monoisotopic (exact) mass is 434 g/mol. The maximum absolute atomic E-state index is 13.1. The molecule has 3 aliphatic heterocycles. The van der Waals surface area contributed by atoms with Gasteiger partial charge in [0.05, 0.1) is 11.5 Å². The zero-order valence-electron chi connectivity index (χ0n) is 18.7. The van der Waals surface area contributed by atoms with Crippen LogP contribution in [0.5, 0.6) is 0 Å². The van der Waals surface area contributed by atoms with Crippen molar-refractivity contribution in [3.8, 4) is 0 Å². The van der Waals surface area contributed by atoms with Gasteiger partial charge in [-0.25, -0.2) is 14.8 Å². The molecule has 2 atom stereocenters. The van der Waals surface area contributed by atoms with E-state index in [0.29, 0.717) is 32.1 Å². The number of carbonyl (C=O) groups is 2. The van der Waals surface area contributed by atoms with E-state index in [2.05, 4.69) is 33.2 Å². The third kappa shape index (κ3) is 3.38. The maximum atomic E-state index is 13.1. The molecule has 1 spiro atoms. The van der Waals surface area contributed by atoms with Crippen LogP contribution in [0.15, 0.2) is 42.7 Å². The minimum absolute atomic E-state index is 0.0229. The lowest BCUT2D eigenvalue weighted by Gasteiger charge is -2.46. The first kappa shape index (κ1) is 20.7. The number of likely N-dealkylation sites (tertiary alicyclic amines) is 2. The van der Waals surface area contributed by atoms with Crippen molar-refractivity contribution in [1.82, 2.24) is 25.1 Å². The third-order valence-electron chi connectivity index (χ3n) is 7.77. The number of fused-ring (bicyclic) bond motifs is 2. The number of piperidine rings is 1. The van der Waals surface area contributed by atoms with Crippen molar-refractivity contribution < 1.29 is 9.59 Å². The zero-order valence-corrected chi connectivity index (χ0v) is 18.7. The average molecular weight is 435 g/mol. The first-order valence-corrected chi connectivity index (χ1v) is 11.4. The zero-order chi connectivity index (χ0) is 22.3. The second kappa shape index (κ2) is 8.07. The summed E-state index contributed by atoms with van der Waals surface area (Å²) in [7, 11) is 1.94. The number of aryl methyl sites for hydroxylation is 1. The van der Waals surface area contributed by atoms with E-state index in [4.69, 9.17) is 0 Å². The van der Waals surface area contributed by atoms with Crippen LogP contribution in [0.3, 0.4) is 0 Å². The quantitative estimate of drug-likeness (QED) is 0.800. The van der Waals surface area contributed by atoms with Crippen molar-refractivity contribution >= 4 is 17.9 Å². The van der Waals surface area contributed by atoms with Gasteiger partial charge in [-0.3, -0.25) is 4.79 Å². The van der Waals surface area contributed by atoms with E-state index in [1.54, 1.807) is 18.5 Å². The molecule has 3 amide bonds. The first-order chi connectivity index (χ1) is 15.5. The summed E-state index contributed by atoms with van der Waals surface area (Å²) in [5.74, 6) is 1.12.